The average molecular weight is 293 g/mol. The van der Waals surface area contributed by atoms with E-state index < -0.39 is 18.2 Å². The molecule has 1 fully saturated rings. The van der Waals surface area contributed by atoms with Gasteiger partial charge in [-0.15, -0.1) is 0 Å². The monoisotopic (exact) mass is 293 g/mol. The number of carboxylic acids is 1. The van der Waals surface area contributed by atoms with Gasteiger partial charge >= 0.3 is 5.97 Å². The Kier molecular flexibility index (Phi) is 4.80. The van der Waals surface area contributed by atoms with Crippen molar-refractivity contribution in [2.45, 2.75) is 38.0 Å². The van der Waals surface area contributed by atoms with Gasteiger partial charge in [0.15, 0.2) is 6.10 Å². The Balaban J connectivity index is 1.98. The first-order valence-corrected chi connectivity index (χ1v) is 6.84. The van der Waals surface area contributed by atoms with E-state index in [1.165, 1.54) is 0 Å². The van der Waals surface area contributed by atoms with E-state index in [9.17, 15) is 9.59 Å². The van der Waals surface area contributed by atoms with Crippen LogP contribution in [0.15, 0.2) is 24.3 Å². The molecule has 2 rings (SSSR count). The molecule has 0 spiro atoms. The third kappa shape index (κ3) is 3.52. The van der Waals surface area contributed by atoms with Crippen molar-refractivity contribution in [1.29, 1.82) is 0 Å². The van der Waals surface area contributed by atoms with Gasteiger partial charge in [0.2, 0.25) is 5.91 Å². The molecular formula is C15H19NO5. The zero-order valence-corrected chi connectivity index (χ0v) is 12.0. The molecule has 1 heterocycles. The maximum Gasteiger partial charge on any atom is 0.332 e. The van der Waals surface area contributed by atoms with Crippen LogP contribution in [-0.2, 0) is 14.3 Å². The summed E-state index contributed by atoms with van der Waals surface area (Å²) < 4.78 is 10.5. The van der Waals surface area contributed by atoms with Crippen LogP contribution in [0, 0.1) is 0 Å². The number of carboxylic acid groups (broad SMARTS) is 1. The summed E-state index contributed by atoms with van der Waals surface area (Å²) in [5.41, 5.74) is 0.862. The second-order valence-electron chi connectivity index (χ2n) is 5.00. The van der Waals surface area contributed by atoms with Gasteiger partial charge in [-0.05, 0) is 25.8 Å². The number of benzene rings is 1. The summed E-state index contributed by atoms with van der Waals surface area (Å²) in [5.74, 6) is -0.624. The number of nitrogens with one attached hydrogen (secondary N) is 1. The predicted molar refractivity (Wildman–Crippen MR) is 75.1 cm³/mol. The van der Waals surface area contributed by atoms with E-state index in [1.54, 1.807) is 7.11 Å². The van der Waals surface area contributed by atoms with E-state index in [1.807, 2.05) is 31.2 Å². The number of carbonyl (C=O) groups is 2. The quantitative estimate of drug-likeness (QED) is 0.859. The molecule has 1 aromatic rings. The van der Waals surface area contributed by atoms with Gasteiger partial charge < -0.3 is 19.9 Å². The number of carbonyl (C=O) groups excluding carboxylic acids is 1. The van der Waals surface area contributed by atoms with Crippen molar-refractivity contribution in [2.75, 3.05) is 7.11 Å². The fourth-order valence-corrected chi connectivity index (χ4v) is 2.42. The molecule has 1 aliphatic rings. The molecule has 0 bridgehead atoms. The van der Waals surface area contributed by atoms with Crippen molar-refractivity contribution in [3.05, 3.63) is 29.8 Å². The number of rotatable bonds is 5. The van der Waals surface area contributed by atoms with Crippen molar-refractivity contribution in [3.63, 3.8) is 0 Å². The number of aliphatic carboxylic acids is 1. The molecule has 1 saturated heterocycles. The highest BCUT2D eigenvalue weighted by Gasteiger charge is 2.35. The van der Waals surface area contributed by atoms with Crippen LogP contribution in [0.1, 0.15) is 31.4 Å². The van der Waals surface area contributed by atoms with Gasteiger partial charge in [0.25, 0.3) is 0 Å². The number of hydrogen-bond donors (Lipinski definition) is 2. The lowest BCUT2D eigenvalue weighted by atomic mass is 10.1. The van der Waals surface area contributed by atoms with Gasteiger partial charge in [0.05, 0.1) is 13.2 Å². The first kappa shape index (κ1) is 15.3. The number of ether oxygens (including phenoxy) is 2. The number of para-hydroxylation sites is 1. The Morgan fingerprint density at radius 1 is 1.33 bits per heavy atom. The number of methoxy groups -OCH3 is 1. The third-order valence-electron chi connectivity index (χ3n) is 3.55. The summed E-state index contributed by atoms with van der Waals surface area (Å²) in [5, 5.41) is 11.7. The van der Waals surface area contributed by atoms with E-state index in [0.717, 1.165) is 5.56 Å². The maximum atomic E-state index is 12.1. The van der Waals surface area contributed by atoms with Crippen molar-refractivity contribution in [3.8, 4) is 5.75 Å². The van der Waals surface area contributed by atoms with Crippen molar-refractivity contribution >= 4 is 11.9 Å². The standard InChI is InChI=1S/C15H19NO5/c1-9(10-5-3-4-6-11(10)20-2)16-14(17)12-7-8-13(21-12)15(18)19/h3-6,9,12-13H,7-8H2,1-2H3,(H,16,17)(H,18,19)/t9-,12-,13+/m0/s1. The van der Waals surface area contributed by atoms with E-state index in [4.69, 9.17) is 14.6 Å². The first-order valence-electron chi connectivity index (χ1n) is 6.84. The van der Waals surface area contributed by atoms with Gasteiger partial charge in [-0.3, -0.25) is 4.79 Å². The largest absolute Gasteiger partial charge is 0.496 e. The van der Waals surface area contributed by atoms with Crippen LogP contribution in [0.3, 0.4) is 0 Å². The van der Waals surface area contributed by atoms with E-state index in [2.05, 4.69) is 5.32 Å². The van der Waals surface area contributed by atoms with Crippen molar-refractivity contribution in [2.24, 2.45) is 0 Å². The van der Waals surface area contributed by atoms with Crippen LogP contribution >= 0.6 is 0 Å². The van der Waals surface area contributed by atoms with Crippen molar-refractivity contribution < 1.29 is 24.2 Å². The topological polar surface area (TPSA) is 84.9 Å². The van der Waals surface area contributed by atoms with E-state index in [0.29, 0.717) is 18.6 Å². The Hall–Kier alpha value is -2.08. The second-order valence-corrected chi connectivity index (χ2v) is 5.00. The van der Waals surface area contributed by atoms with Gasteiger partial charge in [-0.25, -0.2) is 4.79 Å². The summed E-state index contributed by atoms with van der Waals surface area (Å²) in [6.45, 7) is 1.85. The third-order valence-corrected chi connectivity index (χ3v) is 3.55. The highest BCUT2D eigenvalue weighted by atomic mass is 16.5. The van der Waals surface area contributed by atoms with Gasteiger partial charge in [0.1, 0.15) is 11.9 Å². The lowest BCUT2D eigenvalue weighted by Gasteiger charge is -2.19. The lowest BCUT2D eigenvalue weighted by Crippen LogP contribution is -2.37. The first-order chi connectivity index (χ1) is 10.0. The molecule has 114 valence electrons. The molecule has 1 amide bonds. The van der Waals surface area contributed by atoms with Crippen LogP contribution in [-0.4, -0.2) is 36.3 Å². The summed E-state index contributed by atoms with van der Waals surface area (Å²) in [7, 11) is 1.57. The van der Waals surface area contributed by atoms with Crippen LogP contribution < -0.4 is 10.1 Å². The zero-order valence-electron chi connectivity index (χ0n) is 12.0. The molecular weight excluding hydrogens is 274 g/mol. The van der Waals surface area contributed by atoms with E-state index >= 15 is 0 Å². The molecule has 0 unspecified atom stereocenters. The Bertz CT molecular complexity index is 531. The number of hydrogen-bond acceptors (Lipinski definition) is 4. The van der Waals surface area contributed by atoms with Crippen LogP contribution in [0.2, 0.25) is 0 Å². The average Bonchev–Trinajstić information content (AvgIpc) is 2.97. The highest BCUT2D eigenvalue weighted by molar-refractivity contribution is 5.83. The van der Waals surface area contributed by atoms with Gasteiger partial charge in [0, 0.05) is 5.56 Å². The fraction of sp³-hybridized carbons (Fsp3) is 0.467. The Labute approximate surface area is 123 Å². The van der Waals surface area contributed by atoms with Gasteiger partial charge in [-0.2, -0.15) is 0 Å². The normalized spacial score (nSPS) is 22.6. The maximum absolute atomic E-state index is 12.1. The van der Waals surface area contributed by atoms with Crippen LogP contribution in [0.5, 0.6) is 5.75 Å². The van der Waals surface area contributed by atoms with E-state index in [-0.39, 0.29) is 11.9 Å². The molecule has 6 nitrogen and oxygen atoms in total. The lowest BCUT2D eigenvalue weighted by molar-refractivity contribution is -0.151. The zero-order chi connectivity index (χ0) is 15.4. The minimum absolute atomic E-state index is 0.249. The molecule has 1 aromatic carbocycles. The van der Waals surface area contributed by atoms with Crippen molar-refractivity contribution in [1.82, 2.24) is 5.32 Å². The minimum atomic E-state index is -1.02. The minimum Gasteiger partial charge on any atom is -0.496 e. The fourth-order valence-electron chi connectivity index (χ4n) is 2.42. The highest BCUT2D eigenvalue weighted by Crippen LogP contribution is 2.25. The molecule has 0 aromatic heterocycles. The molecule has 0 radical (unpaired) electrons. The molecule has 0 aliphatic carbocycles. The summed E-state index contributed by atoms with van der Waals surface area (Å²) in [4.78, 5) is 23.0. The SMILES string of the molecule is COc1ccccc1[C@H](C)NC(=O)[C@@H]1CC[C@H](C(=O)O)O1. The second kappa shape index (κ2) is 6.58. The molecule has 6 heteroatoms. The summed E-state index contributed by atoms with van der Waals surface area (Å²) >= 11 is 0. The summed E-state index contributed by atoms with van der Waals surface area (Å²) in [6.07, 6.45) is -0.816. The van der Waals surface area contributed by atoms with Crippen LogP contribution in [0.25, 0.3) is 0 Å². The Morgan fingerprint density at radius 2 is 2.00 bits per heavy atom. The predicted octanol–water partition coefficient (Wildman–Crippen LogP) is 1.50. The smallest absolute Gasteiger partial charge is 0.332 e. The Morgan fingerprint density at radius 3 is 2.62 bits per heavy atom. The van der Waals surface area contributed by atoms with Gasteiger partial charge in [-0.1, -0.05) is 18.2 Å². The number of amides is 1. The molecule has 3 atom stereocenters. The molecule has 21 heavy (non-hydrogen) atoms. The van der Waals surface area contributed by atoms with Crippen LogP contribution in [0.4, 0.5) is 0 Å². The molecule has 0 saturated carbocycles. The molecule has 2 N–H and O–H groups in total. The summed E-state index contributed by atoms with van der Waals surface area (Å²) in [6, 6.07) is 7.17. The molecule has 1 aliphatic heterocycles.